The van der Waals surface area contributed by atoms with Gasteiger partial charge in [-0.25, -0.2) is 4.79 Å². The number of carbonyl (C=O) groups excluding carboxylic acids is 2. The quantitative estimate of drug-likeness (QED) is 0.141. The third-order valence-electron chi connectivity index (χ3n) is 9.03. The Morgan fingerprint density at radius 1 is 0.959 bits per heavy atom. The molecule has 2 amide bonds. The Morgan fingerprint density at radius 2 is 1.76 bits per heavy atom. The van der Waals surface area contributed by atoms with E-state index in [4.69, 9.17) is 4.74 Å². The fraction of sp³-hybridized carbons (Fsp3) is 0.250. The predicted molar refractivity (Wildman–Crippen MR) is 189 cm³/mol. The van der Waals surface area contributed by atoms with Gasteiger partial charge in [0.15, 0.2) is 6.04 Å². The number of carboxylic acid groups (broad SMARTS) is 1. The van der Waals surface area contributed by atoms with Crippen molar-refractivity contribution in [2.75, 3.05) is 18.1 Å². The minimum absolute atomic E-state index is 0.0979. The van der Waals surface area contributed by atoms with Crippen LogP contribution >= 0.6 is 0 Å². The highest BCUT2D eigenvalue weighted by atomic mass is 16.5. The highest BCUT2D eigenvalue weighted by Crippen LogP contribution is 2.36. The van der Waals surface area contributed by atoms with Gasteiger partial charge in [-0.3, -0.25) is 14.3 Å². The Hall–Kier alpha value is -5.70. The molecule has 5 aromatic rings. The van der Waals surface area contributed by atoms with Crippen molar-refractivity contribution >= 4 is 23.5 Å². The third-order valence-corrected chi connectivity index (χ3v) is 9.03. The van der Waals surface area contributed by atoms with Crippen molar-refractivity contribution in [2.24, 2.45) is 0 Å². The fourth-order valence-electron chi connectivity index (χ4n) is 6.31. The number of nitrogens with zero attached hydrogens (tertiary/aromatic N) is 3. The summed E-state index contributed by atoms with van der Waals surface area (Å²) in [4.78, 5) is 40.3. The molecule has 0 fully saturated rings. The lowest BCUT2D eigenvalue weighted by Gasteiger charge is -2.31. The average molecular weight is 657 g/mol. The molecule has 1 atom stereocenters. The molecule has 250 valence electrons. The molecular formula is C40H40N4O5. The summed E-state index contributed by atoms with van der Waals surface area (Å²) < 4.78 is 7.80. The van der Waals surface area contributed by atoms with Crippen LogP contribution in [0.5, 0.6) is 5.75 Å². The smallest absolute Gasteiger partial charge is 0.330 e. The second-order valence-corrected chi connectivity index (χ2v) is 12.4. The summed E-state index contributed by atoms with van der Waals surface area (Å²) in [7, 11) is 0. The third kappa shape index (κ3) is 7.73. The van der Waals surface area contributed by atoms with Gasteiger partial charge in [-0.1, -0.05) is 66.7 Å². The number of aliphatic carboxylic acids is 1. The second kappa shape index (κ2) is 15.0. The molecule has 0 bridgehead atoms. The molecule has 0 spiro atoms. The summed E-state index contributed by atoms with van der Waals surface area (Å²) in [6, 6.07) is 26.7. The van der Waals surface area contributed by atoms with Gasteiger partial charge < -0.3 is 20.1 Å². The number of ether oxygens (including phenoxy) is 1. The zero-order chi connectivity index (χ0) is 34.3. The first-order chi connectivity index (χ1) is 23.8. The minimum Gasteiger partial charge on any atom is -0.493 e. The van der Waals surface area contributed by atoms with Crippen LogP contribution in [0, 0.1) is 13.8 Å². The lowest BCUT2D eigenvalue weighted by molar-refractivity contribution is -0.139. The standard InChI is InChI=1S/C40H40N4O5/c1-27-11-6-19-36(28(27)2)49-22-10-20-37(45)44-21-9-17-34-33(16-8-18-35(34)44)32-24-41-43(26-32)25-29-12-7-15-31(23-29)39(46)42-38(40(47)48)30-13-4-3-5-14-30/h3-8,11-16,18-19,23-24,26,38H,9-10,17,20-22,25H2,1-2H3,(H,42,46)(H,47,48)/t38-/m0/s1. The molecule has 1 aromatic heterocycles. The predicted octanol–water partition coefficient (Wildman–Crippen LogP) is 6.91. The van der Waals surface area contributed by atoms with Gasteiger partial charge in [0, 0.05) is 36.0 Å². The van der Waals surface area contributed by atoms with Crippen LogP contribution in [-0.4, -0.2) is 45.8 Å². The van der Waals surface area contributed by atoms with Gasteiger partial charge in [-0.05, 0) is 90.8 Å². The van der Waals surface area contributed by atoms with E-state index >= 15 is 0 Å². The normalized spacial score (nSPS) is 13.0. The Kier molecular flexibility index (Phi) is 10.2. The summed E-state index contributed by atoms with van der Waals surface area (Å²) in [6.45, 7) is 5.71. The molecule has 0 radical (unpaired) electrons. The zero-order valence-electron chi connectivity index (χ0n) is 27.8. The minimum atomic E-state index is -1.16. The maximum absolute atomic E-state index is 13.4. The molecule has 9 heteroatoms. The number of amides is 2. The molecule has 49 heavy (non-hydrogen) atoms. The molecule has 0 saturated carbocycles. The van der Waals surface area contributed by atoms with E-state index < -0.39 is 17.9 Å². The Morgan fingerprint density at radius 3 is 2.57 bits per heavy atom. The van der Waals surface area contributed by atoms with Gasteiger partial charge in [0.1, 0.15) is 5.75 Å². The summed E-state index contributed by atoms with van der Waals surface area (Å²) in [5, 5.41) is 17.0. The van der Waals surface area contributed by atoms with Crippen molar-refractivity contribution in [3.63, 3.8) is 0 Å². The maximum Gasteiger partial charge on any atom is 0.330 e. The van der Waals surface area contributed by atoms with Crippen molar-refractivity contribution in [3.8, 4) is 16.9 Å². The molecule has 1 aliphatic rings. The van der Waals surface area contributed by atoms with E-state index in [0.29, 0.717) is 43.7 Å². The maximum atomic E-state index is 13.4. The highest BCUT2D eigenvalue weighted by Gasteiger charge is 2.25. The van der Waals surface area contributed by atoms with Crippen molar-refractivity contribution in [2.45, 2.75) is 52.1 Å². The zero-order valence-corrected chi connectivity index (χ0v) is 27.8. The molecule has 9 nitrogen and oxygen atoms in total. The summed E-state index contributed by atoms with van der Waals surface area (Å²) in [5.41, 5.74) is 8.11. The van der Waals surface area contributed by atoms with Crippen LogP contribution in [0.25, 0.3) is 11.1 Å². The van der Waals surface area contributed by atoms with Gasteiger partial charge >= 0.3 is 5.97 Å². The van der Waals surface area contributed by atoms with Crippen LogP contribution in [-0.2, 0) is 22.6 Å². The summed E-state index contributed by atoms with van der Waals surface area (Å²) in [6.07, 6.45) is 6.60. The molecule has 2 N–H and O–H groups in total. The number of nitrogens with one attached hydrogen (secondary N) is 1. The number of carbonyl (C=O) groups is 3. The molecule has 6 rings (SSSR count). The second-order valence-electron chi connectivity index (χ2n) is 12.4. The number of carboxylic acids is 1. The van der Waals surface area contributed by atoms with Crippen molar-refractivity contribution in [3.05, 3.63) is 137 Å². The van der Waals surface area contributed by atoms with E-state index in [2.05, 4.69) is 29.5 Å². The first kappa shape index (κ1) is 33.2. The number of aryl methyl sites for hydroxylation is 1. The Bertz CT molecular complexity index is 1970. The van der Waals surface area contributed by atoms with Crippen LogP contribution in [0.3, 0.4) is 0 Å². The molecule has 0 saturated heterocycles. The number of hydrogen-bond donors (Lipinski definition) is 2. The van der Waals surface area contributed by atoms with Crippen LogP contribution in [0.4, 0.5) is 5.69 Å². The number of aromatic nitrogens is 2. The largest absolute Gasteiger partial charge is 0.493 e. The SMILES string of the molecule is Cc1cccc(OCCCC(=O)N2CCCc3c(-c4cnn(Cc5cccc(C(=O)N[C@H](C(=O)O)c6ccccc6)c5)c4)cccc32)c1C. The monoisotopic (exact) mass is 656 g/mol. The molecule has 0 unspecified atom stereocenters. The van der Waals surface area contributed by atoms with E-state index in [1.54, 1.807) is 48.5 Å². The van der Waals surface area contributed by atoms with Crippen molar-refractivity contribution in [1.29, 1.82) is 0 Å². The number of fused-ring (bicyclic) bond motifs is 1. The summed E-state index contributed by atoms with van der Waals surface area (Å²) in [5.74, 6) is -0.635. The lowest BCUT2D eigenvalue weighted by Crippen LogP contribution is -2.35. The van der Waals surface area contributed by atoms with E-state index in [-0.39, 0.29) is 5.91 Å². The first-order valence-electron chi connectivity index (χ1n) is 16.6. The van der Waals surface area contributed by atoms with E-state index in [0.717, 1.165) is 52.1 Å². The van der Waals surface area contributed by atoms with Crippen LogP contribution < -0.4 is 15.0 Å². The molecule has 2 heterocycles. The number of hydrogen-bond acceptors (Lipinski definition) is 5. The molecule has 0 aliphatic carbocycles. The number of rotatable bonds is 12. The molecule has 4 aromatic carbocycles. The Labute approximate surface area is 286 Å². The topological polar surface area (TPSA) is 114 Å². The van der Waals surface area contributed by atoms with Crippen LogP contribution in [0.1, 0.15) is 63.5 Å². The molecular weight excluding hydrogens is 616 g/mol. The van der Waals surface area contributed by atoms with Crippen molar-refractivity contribution in [1.82, 2.24) is 15.1 Å². The number of benzene rings is 4. The molecule has 1 aliphatic heterocycles. The van der Waals surface area contributed by atoms with Crippen molar-refractivity contribution < 1.29 is 24.2 Å². The Balaban J connectivity index is 1.10. The fourth-order valence-corrected chi connectivity index (χ4v) is 6.31. The van der Waals surface area contributed by atoms with Crippen LogP contribution in [0.15, 0.2) is 103 Å². The van der Waals surface area contributed by atoms with Gasteiger partial charge in [0.2, 0.25) is 5.91 Å². The van der Waals surface area contributed by atoms with Gasteiger partial charge in [0.25, 0.3) is 5.91 Å². The van der Waals surface area contributed by atoms with Gasteiger partial charge in [-0.15, -0.1) is 0 Å². The lowest BCUT2D eigenvalue weighted by atomic mass is 9.93. The highest BCUT2D eigenvalue weighted by molar-refractivity contribution is 5.97. The van der Waals surface area contributed by atoms with Gasteiger partial charge in [-0.2, -0.15) is 5.10 Å². The first-order valence-corrected chi connectivity index (χ1v) is 16.6. The van der Waals surface area contributed by atoms with Crippen LogP contribution in [0.2, 0.25) is 0 Å². The van der Waals surface area contributed by atoms with E-state index in [1.165, 1.54) is 5.56 Å². The number of anilines is 1. The van der Waals surface area contributed by atoms with E-state index in [9.17, 15) is 19.5 Å². The average Bonchev–Trinajstić information content (AvgIpc) is 3.58. The van der Waals surface area contributed by atoms with Gasteiger partial charge in [0.05, 0.1) is 19.3 Å². The summed E-state index contributed by atoms with van der Waals surface area (Å²) >= 11 is 0. The van der Waals surface area contributed by atoms with E-state index in [1.807, 2.05) is 59.2 Å².